The number of aromatic nitrogens is 1. The highest BCUT2D eigenvalue weighted by Gasteiger charge is 2.11. The summed E-state index contributed by atoms with van der Waals surface area (Å²) in [6.07, 6.45) is 6.07. The minimum absolute atomic E-state index is 0.586. The van der Waals surface area contributed by atoms with Crippen molar-refractivity contribution in [3.8, 4) is 23.1 Å². The molecule has 0 saturated carbocycles. The molecule has 0 aliphatic carbocycles. The van der Waals surface area contributed by atoms with Gasteiger partial charge in [0.25, 0.3) is 0 Å². The number of hydrogen-bond acceptors (Lipinski definition) is 4. The second-order valence-corrected chi connectivity index (χ2v) is 6.26. The molecule has 0 bridgehead atoms. The third-order valence-corrected chi connectivity index (χ3v) is 4.52. The van der Waals surface area contributed by atoms with Crippen LogP contribution in [0.25, 0.3) is 20.8 Å². The maximum atomic E-state index is 11.4. The van der Waals surface area contributed by atoms with Crippen LogP contribution >= 0.6 is 22.9 Å². The van der Waals surface area contributed by atoms with Gasteiger partial charge in [0.2, 0.25) is 0 Å². The first-order valence-electron chi connectivity index (χ1n) is 6.67. The summed E-state index contributed by atoms with van der Waals surface area (Å²) in [6, 6.07) is 11.1. The molecular formula is C17H11ClN2O2S. The third kappa shape index (κ3) is 3.29. The van der Waals surface area contributed by atoms with Gasteiger partial charge >= 0.3 is 6.09 Å². The number of nitrogens with one attached hydrogen (secondary N) is 1. The van der Waals surface area contributed by atoms with Gasteiger partial charge in [0.05, 0.1) is 10.2 Å². The molecule has 6 heteroatoms. The molecule has 1 N–H and O–H groups in total. The molecule has 2 aromatic carbocycles. The van der Waals surface area contributed by atoms with Gasteiger partial charge in [-0.25, -0.2) is 9.78 Å². The van der Waals surface area contributed by atoms with E-state index in [0.29, 0.717) is 10.7 Å². The van der Waals surface area contributed by atoms with Crippen LogP contribution < -0.4 is 5.32 Å². The number of rotatable bonds is 2. The molecule has 4 nitrogen and oxygen atoms in total. The Morgan fingerprint density at radius 1 is 1.35 bits per heavy atom. The van der Waals surface area contributed by atoms with Crippen LogP contribution in [0.2, 0.25) is 5.02 Å². The fourth-order valence-corrected chi connectivity index (χ4v) is 3.34. The van der Waals surface area contributed by atoms with Gasteiger partial charge in [-0.3, -0.25) is 5.32 Å². The van der Waals surface area contributed by atoms with Crippen molar-refractivity contribution in [2.24, 2.45) is 0 Å². The molecule has 114 valence electrons. The van der Waals surface area contributed by atoms with Crippen LogP contribution in [-0.4, -0.2) is 11.1 Å². The molecule has 0 atom stereocenters. The minimum Gasteiger partial charge on any atom is -0.356 e. The lowest BCUT2D eigenvalue weighted by Gasteiger charge is -2.07. The lowest BCUT2D eigenvalue weighted by molar-refractivity contribution is 0.207. The number of ether oxygens (including phenoxy) is 1. The maximum absolute atomic E-state index is 11.4. The molecule has 0 radical (unpaired) electrons. The molecule has 0 saturated heterocycles. The number of hydrogen-bond donors (Lipinski definition) is 1. The van der Waals surface area contributed by atoms with Crippen molar-refractivity contribution < 1.29 is 9.53 Å². The Morgan fingerprint density at radius 3 is 2.96 bits per heavy atom. The SMILES string of the molecule is C#COC(=O)Nc1ccc(C)c(-c2nc3cc(Cl)ccc3s2)c1. The van der Waals surface area contributed by atoms with Crippen LogP contribution in [0.3, 0.4) is 0 Å². The maximum Gasteiger partial charge on any atom is 0.425 e. The Bertz CT molecular complexity index is 943. The number of nitrogens with zero attached hydrogens (tertiary/aromatic N) is 1. The van der Waals surface area contributed by atoms with Gasteiger partial charge < -0.3 is 4.74 Å². The molecule has 3 rings (SSSR count). The molecule has 0 spiro atoms. The predicted octanol–water partition coefficient (Wildman–Crippen LogP) is 5.06. The highest BCUT2D eigenvalue weighted by Crippen LogP contribution is 2.34. The quantitative estimate of drug-likeness (QED) is 0.662. The van der Waals surface area contributed by atoms with E-state index in [9.17, 15) is 4.79 Å². The number of thiazole rings is 1. The number of fused-ring (bicyclic) bond motifs is 1. The van der Waals surface area contributed by atoms with Crippen molar-refractivity contribution in [2.45, 2.75) is 6.92 Å². The summed E-state index contributed by atoms with van der Waals surface area (Å²) < 4.78 is 5.48. The van der Waals surface area contributed by atoms with Crippen LogP contribution in [0.5, 0.6) is 0 Å². The fraction of sp³-hybridized carbons (Fsp3) is 0.0588. The molecule has 1 aromatic heterocycles. The van der Waals surface area contributed by atoms with Crippen molar-refractivity contribution in [1.82, 2.24) is 4.98 Å². The van der Waals surface area contributed by atoms with Gasteiger partial charge in [-0.05, 0) is 42.8 Å². The van der Waals surface area contributed by atoms with Gasteiger partial charge in [-0.15, -0.1) is 11.3 Å². The zero-order chi connectivity index (χ0) is 16.4. The van der Waals surface area contributed by atoms with Crippen molar-refractivity contribution >= 4 is 44.9 Å². The zero-order valence-corrected chi connectivity index (χ0v) is 13.7. The number of terminal acetylenes is 1. The molecule has 3 aromatic rings. The minimum atomic E-state index is -0.696. The van der Waals surface area contributed by atoms with Crippen LogP contribution in [0.4, 0.5) is 10.5 Å². The summed E-state index contributed by atoms with van der Waals surface area (Å²) in [5.41, 5.74) is 3.41. The van der Waals surface area contributed by atoms with E-state index in [1.54, 1.807) is 17.4 Å². The molecule has 0 fully saturated rings. The average molecular weight is 343 g/mol. The van der Waals surface area contributed by atoms with Crippen molar-refractivity contribution in [1.29, 1.82) is 0 Å². The first-order chi connectivity index (χ1) is 11.1. The van der Waals surface area contributed by atoms with E-state index in [0.717, 1.165) is 26.4 Å². The second kappa shape index (κ2) is 6.29. The first-order valence-corrected chi connectivity index (χ1v) is 7.87. The third-order valence-electron chi connectivity index (χ3n) is 3.22. The predicted molar refractivity (Wildman–Crippen MR) is 93.7 cm³/mol. The number of anilines is 1. The van der Waals surface area contributed by atoms with Crippen molar-refractivity contribution in [2.75, 3.05) is 5.32 Å². The lowest BCUT2D eigenvalue weighted by Crippen LogP contribution is -2.10. The number of aryl methyl sites for hydroxylation is 1. The monoisotopic (exact) mass is 342 g/mol. The Hall–Kier alpha value is -2.55. The van der Waals surface area contributed by atoms with Gasteiger partial charge in [-0.2, -0.15) is 0 Å². The molecule has 1 heterocycles. The Labute approximate surface area is 142 Å². The van der Waals surface area contributed by atoms with Crippen LogP contribution in [-0.2, 0) is 4.74 Å². The highest BCUT2D eigenvalue weighted by molar-refractivity contribution is 7.21. The Morgan fingerprint density at radius 2 is 2.17 bits per heavy atom. The summed E-state index contributed by atoms with van der Waals surface area (Å²) in [6.45, 7) is 1.98. The molecule has 23 heavy (non-hydrogen) atoms. The summed E-state index contributed by atoms with van der Waals surface area (Å²) in [4.78, 5) is 16.0. The van der Waals surface area contributed by atoms with E-state index in [-0.39, 0.29) is 0 Å². The van der Waals surface area contributed by atoms with Crippen LogP contribution in [0.15, 0.2) is 36.4 Å². The standard InChI is InChI=1S/C17H11ClN2O2S/c1-3-22-17(21)19-12-6-4-10(2)13(9-12)16-20-14-8-11(18)5-7-15(14)23-16/h1,4-9H,2H3,(H,19,21). The summed E-state index contributed by atoms with van der Waals surface area (Å²) in [7, 11) is 0. The molecule has 0 unspecified atom stereocenters. The number of carbonyl (C=O) groups is 1. The molecular weight excluding hydrogens is 332 g/mol. The van der Waals surface area contributed by atoms with Gasteiger partial charge in [0.15, 0.2) is 0 Å². The largest absolute Gasteiger partial charge is 0.425 e. The average Bonchev–Trinajstić information content (AvgIpc) is 2.92. The number of halogens is 1. The van der Waals surface area contributed by atoms with Gasteiger partial charge in [-0.1, -0.05) is 24.1 Å². The summed E-state index contributed by atoms with van der Waals surface area (Å²) in [5, 5.41) is 4.08. The van der Waals surface area contributed by atoms with E-state index < -0.39 is 6.09 Å². The topological polar surface area (TPSA) is 51.2 Å². The van der Waals surface area contributed by atoms with Gasteiger partial charge in [0, 0.05) is 16.3 Å². The number of carbonyl (C=O) groups excluding carboxylic acids is 1. The summed E-state index contributed by atoms with van der Waals surface area (Å²) >= 11 is 7.57. The normalized spacial score (nSPS) is 10.3. The Balaban J connectivity index is 2.00. The highest BCUT2D eigenvalue weighted by atomic mass is 35.5. The number of benzene rings is 2. The summed E-state index contributed by atoms with van der Waals surface area (Å²) in [5.74, 6) is 0. The molecule has 0 aliphatic rings. The van der Waals surface area contributed by atoms with Crippen molar-refractivity contribution in [3.63, 3.8) is 0 Å². The van der Waals surface area contributed by atoms with Gasteiger partial charge in [0.1, 0.15) is 11.1 Å². The molecule has 1 amide bonds. The molecule has 0 aliphatic heterocycles. The van der Waals surface area contributed by atoms with Crippen LogP contribution in [0.1, 0.15) is 5.56 Å². The number of amides is 1. The van der Waals surface area contributed by atoms with Crippen LogP contribution in [0, 0.1) is 19.5 Å². The fourth-order valence-electron chi connectivity index (χ4n) is 2.14. The Kier molecular flexibility index (Phi) is 4.20. The van der Waals surface area contributed by atoms with E-state index in [1.165, 1.54) is 0 Å². The van der Waals surface area contributed by atoms with E-state index in [4.69, 9.17) is 18.0 Å². The zero-order valence-electron chi connectivity index (χ0n) is 12.1. The van der Waals surface area contributed by atoms with Crippen molar-refractivity contribution in [3.05, 3.63) is 47.0 Å². The van der Waals surface area contributed by atoms with E-state index in [1.807, 2.05) is 43.4 Å². The lowest BCUT2D eigenvalue weighted by atomic mass is 10.1. The van der Waals surface area contributed by atoms with E-state index >= 15 is 0 Å². The smallest absolute Gasteiger partial charge is 0.356 e. The first kappa shape index (κ1) is 15.3. The second-order valence-electron chi connectivity index (χ2n) is 4.79. The van der Waals surface area contributed by atoms with E-state index in [2.05, 4.69) is 15.0 Å².